The second-order valence-electron chi connectivity index (χ2n) is 7.25. The fourth-order valence-electron chi connectivity index (χ4n) is 3.57. The zero-order chi connectivity index (χ0) is 20.7. The summed E-state index contributed by atoms with van der Waals surface area (Å²) in [7, 11) is -1.78. The van der Waals surface area contributed by atoms with Gasteiger partial charge in [0.1, 0.15) is 5.76 Å². The van der Waals surface area contributed by atoms with Crippen molar-refractivity contribution in [2.24, 2.45) is 5.92 Å². The van der Waals surface area contributed by atoms with Crippen LogP contribution in [0.5, 0.6) is 0 Å². The Labute approximate surface area is 172 Å². The average Bonchev–Trinajstić information content (AvgIpc) is 3.24. The van der Waals surface area contributed by atoms with Gasteiger partial charge in [-0.3, -0.25) is 4.79 Å². The minimum atomic E-state index is -3.39. The van der Waals surface area contributed by atoms with Crippen LogP contribution in [0, 0.1) is 5.92 Å². The van der Waals surface area contributed by atoms with Crippen LogP contribution in [0.3, 0.4) is 0 Å². The lowest BCUT2D eigenvalue weighted by Gasteiger charge is -2.33. The molecule has 0 aliphatic carbocycles. The minimum absolute atomic E-state index is 0.00902. The van der Waals surface area contributed by atoms with Gasteiger partial charge >= 0.3 is 0 Å². The van der Waals surface area contributed by atoms with Crippen molar-refractivity contribution in [3.05, 3.63) is 60.1 Å². The first-order valence-corrected chi connectivity index (χ1v) is 11.4. The Morgan fingerprint density at radius 2 is 1.90 bits per heavy atom. The summed E-state index contributed by atoms with van der Waals surface area (Å²) < 4.78 is 37.5. The van der Waals surface area contributed by atoms with Gasteiger partial charge in [0.15, 0.2) is 0 Å². The van der Waals surface area contributed by atoms with Crippen LogP contribution < -0.4 is 0 Å². The summed E-state index contributed by atoms with van der Waals surface area (Å²) in [5.74, 6) is 0.547. The zero-order valence-corrected chi connectivity index (χ0v) is 17.5. The predicted octanol–water partition coefficient (Wildman–Crippen LogP) is 2.50. The second-order valence-corrected chi connectivity index (χ2v) is 9.22. The Kier molecular flexibility index (Phi) is 7.46. The zero-order valence-electron chi connectivity index (χ0n) is 16.7. The topological polar surface area (TPSA) is 80.1 Å². The molecule has 1 aromatic carbocycles. The van der Waals surface area contributed by atoms with E-state index >= 15 is 0 Å². The number of benzene rings is 1. The summed E-state index contributed by atoms with van der Waals surface area (Å²) in [6, 6.07) is 12.8. The molecule has 1 aliphatic heterocycles. The monoisotopic (exact) mass is 420 g/mol. The number of amides is 1. The van der Waals surface area contributed by atoms with Crippen LogP contribution in [-0.4, -0.2) is 56.9 Å². The van der Waals surface area contributed by atoms with Crippen LogP contribution in [0.25, 0.3) is 0 Å². The molecular weight excluding hydrogens is 392 g/mol. The van der Waals surface area contributed by atoms with E-state index in [1.54, 1.807) is 24.3 Å². The number of hydrogen-bond donors (Lipinski definition) is 0. The fourth-order valence-corrected chi connectivity index (χ4v) is 5.14. The Balaban J connectivity index is 1.58. The van der Waals surface area contributed by atoms with Gasteiger partial charge < -0.3 is 14.1 Å². The highest BCUT2D eigenvalue weighted by atomic mass is 32.2. The highest BCUT2D eigenvalue weighted by Gasteiger charge is 2.33. The number of sulfonamides is 1. The summed E-state index contributed by atoms with van der Waals surface area (Å²) >= 11 is 0. The second kappa shape index (κ2) is 10.0. The molecule has 0 bridgehead atoms. The maximum absolute atomic E-state index is 13.0. The minimum Gasteiger partial charge on any atom is -0.467 e. The third-order valence-corrected chi connectivity index (χ3v) is 7.04. The molecule has 158 valence electrons. The molecule has 0 spiro atoms. The van der Waals surface area contributed by atoms with Crippen molar-refractivity contribution in [3.8, 4) is 0 Å². The van der Waals surface area contributed by atoms with Crippen LogP contribution in [0.2, 0.25) is 0 Å². The molecule has 8 heteroatoms. The van der Waals surface area contributed by atoms with Gasteiger partial charge in [-0.1, -0.05) is 30.3 Å². The van der Waals surface area contributed by atoms with Crippen LogP contribution in [0.15, 0.2) is 53.1 Å². The van der Waals surface area contributed by atoms with E-state index in [0.29, 0.717) is 45.6 Å². The molecular formula is C21H28N2O5S. The number of hydrogen-bond acceptors (Lipinski definition) is 5. The summed E-state index contributed by atoms with van der Waals surface area (Å²) in [5, 5.41) is 0. The standard InChI is InChI=1S/C21H28N2O5S/c1-27-15-13-22(16-20-8-5-14-28-20)21(24)19-9-11-23(12-10-19)29(25,26)17-18-6-3-2-4-7-18/h2-8,14,19H,9-13,15-17H2,1H3. The van der Waals surface area contributed by atoms with Crippen molar-refractivity contribution in [3.63, 3.8) is 0 Å². The summed E-state index contributed by atoms with van der Waals surface area (Å²) in [6.45, 7) is 2.04. The van der Waals surface area contributed by atoms with E-state index in [2.05, 4.69) is 0 Å². The number of piperidine rings is 1. The molecule has 1 amide bonds. The van der Waals surface area contributed by atoms with Crippen molar-refractivity contribution in [1.29, 1.82) is 0 Å². The van der Waals surface area contributed by atoms with Crippen molar-refractivity contribution >= 4 is 15.9 Å². The van der Waals surface area contributed by atoms with Gasteiger partial charge in [-0.05, 0) is 30.5 Å². The van der Waals surface area contributed by atoms with E-state index in [1.807, 2.05) is 36.4 Å². The first kappa shape index (κ1) is 21.5. The predicted molar refractivity (Wildman–Crippen MR) is 109 cm³/mol. The first-order valence-electron chi connectivity index (χ1n) is 9.81. The quantitative estimate of drug-likeness (QED) is 0.623. The summed E-state index contributed by atoms with van der Waals surface area (Å²) in [4.78, 5) is 14.8. The molecule has 0 unspecified atom stereocenters. The summed E-state index contributed by atoms with van der Waals surface area (Å²) in [6.07, 6.45) is 2.63. The molecule has 1 aliphatic rings. The van der Waals surface area contributed by atoms with Crippen LogP contribution in [-0.2, 0) is 31.9 Å². The molecule has 1 aromatic heterocycles. The molecule has 0 N–H and O–H groups in total. The molecule has 2 heterocycles. The molecule has 0 saturated carbocycles. The van der Waals surface area contributed by atoms with Crippen LogP contribution in [0.1, 0.15) is 24.2 Å². The highest BCUT2D eigenvalue weighted by molar-refractivity contribution is 7.88. The normalized spacial score (nSPS) is 16.0. The fraction of sp³-hybridized carbons (Fsp3) is 0.476. The van der Waals surface area contributed by atoms with E-state index in [1.165, 1.54) is 4.31 Å². The van der Waals surface area contributed by atoms with Crippen LogP contribution >= 0.6 is 0 Å². The van der Waals surface area contributed by atoms with Crippen molar-refractivity contribution in [2.75, 3.05) is 33.4 Å². The van der Waals surface area contributed by atoms with E-state index in [-0.39, 0.29) is 17.6 Å². The van der Waals surface area contributed by atoms with Gasteiger partial charge in [-0.15, -0.1) is 0 Å². The van der Waals surface area contributed by atoms with Gasteiger partial charge in [0.25, 0.3) is 0 Å². The summed E-state index contributed by atoms with van der Waals surface area (Å²) in [5.41, 5.74) is 0.773. The third-order valence-electron chi connectivity index (χ3n) is 5.19. The van der Waals surface area contributed by atoms with Gasteiger partial charge in [-0.2, -0.15) is 0 Å². The Morgan fingerprint density at radius 3 is 2.52 bits per heavy atom. The Hall–Kier alpha value is -2.16. The van der Waals surface area contributed by atoms with E-state index in [9.17, 15) is 13.2 Å². The number of ether oxygens (including phenoxy) is 1. The average molecular weight is 421 g/mol. The number of furan rings is 1. The Morgan fingerprint density at radius 1 is 1.17 bits per heavy atom. The van der Waals surface area contributed by atoms with Gasteiger partial charge in [0.05, 0.1) is 25.2 Å². The lowest BCUT2D eigenvalue weighted by molar-refractivity contribution is -0.138. The SMILES string of the molecule is COCCN(Cc1ccco1)C(=O)C1CCN(S(=O)(=O)Cc2ccccc2)CC1. The van der Waals surface area contributed by atoms with Crippen molar-refractivity contribution < 1.29 is 22.4 Å². The van der Waals surface area contributed by atoms with Gasteiger partial charge in [-0.25, -0.2) is 12.7 Å². The number of rotatable bonds is 9. The molecule has 29 heavy (non-hydrogen) atoms. The smallest absolute Gasteiger partial charge is 0.226 e. The number of carbonyl (C=O) groups is 1. The lowest BCUT2D eigenvalue weighted by atomic mass is 9.96. The molecule has 1 fully saturated rings. The Bertz CT molecular complexity index is 860. The molecule has 2 aromatic rings. The van der Waals surface area contributed by atoms with Crippen molar-refractivity contribution in [1.82, 2.24) is 9.21 Å². The van der Waals surface area contributed by atoms with Crippen LogP contribution in [0.4, 0.5) is 0 Å². The van der Waals surface area contributed by atoms with E-state index in [4.69, 9.17) is 9.15 Å². The maximum Gasteiger partial charge on any atom is 0.226 e. The number of nitrogens with zero attached hydrogens (tertiary/aromatic N) is 2. The highest BCUT2D eigenvalue weighted by Crippen LogP contribution is 2.24. The van der Waals surface area contributed by atoms with Gasteiger partial charge in [0, 0.05) is 32.7 Å². The molecule has 3 rings (SSSR count). The maximum atomic E-state index is 13.0. The third kappa shape index (κ3) is 5.91. The van der Waals surface area contributed by atoms with E-state index in [0.717, 1.165) is 11.3 Å². The molecule has 7 nitrogen and oxygen atoms in total. The molecule has 0 radical (unpaired) electrons. The van der Waals surface area contributed by atoms with E-state index < -0.39 is 10.0 Å². The number of methoxy groups -OCH3 is 1. The van der Waals surface area contributed by atoms with Gasteiger partial charge in [0.2, 0.25) is 15.9 Å². The molecule has 1 saturated heterocycles. The first-order chi connectivity index (χ1) is 14.0. The molecule has 0 atom stereocenters. The van der Waals surface area contributed by atoms with Crippen molar-refractivity contribution in [2.45, 2.75) is 25.1 Å². The lowest BCUT2D eigenvalue weighted by Crippen LogP contribution is -2.45. The number of carbonyl (C=O) groups excluding carboxylic acids is 1. The largest absolute Gasteiger partial charge is 0.467 e.